The molecule has 0 saturated carbocycles. The van der Waals surface area contributed by atoms with Crippen LogP contribution in [0.2, 0.25) is 0 Å². The molecule has 0 heterocycles. The first-order valence-corrected chi connectivity index (χ1v) is 9.16. The SMILES string of the molecule is CCC(CCC(CC)OC(=O)c1ccccc1)OC(=O)c1ccccc1. The predicted molar refractivity (Wildman–Crippen MR) is 101 cm³/mol. The summed E-state index contributed by atoms with van der Waals surface area (Å²) in [5, 5.41) is 0. The van der Waals surface area contributed by atoms with Crippen molar-refractivity contribution in [3.8, 4) is 0 Å². The van der Waals surface area contributed by atoms with Crippen molar-refractivity contribution >= 4 is 11.9 Å². The summed E-state index contributed by atoms with van der Waals surface area (Å²) in [4.78, 5) is 24.4. The van der Waals surface area contributed by atoms with Crippen LogP contribution in [0.3, 0.4) is 0 Å². The second-order valence-corrected chi connectivity index (χ2v) is 6.18. The molecule has 0 saturated heterocycles. The van der Waals surface area contributed by atoms with Gasteiger partial charge in [-0.1, -0.05) is 50.2 Å². The topological polar surface area (TPSA) is 52.6 Å². The largest absolute Gasteiger partial charge is 0.459 e. The molecule has 0 aromatic heterocycles. The number of hydrogen-bond donors (Lipinski definition) is 0. The molecule has 2 aromatic rings. The quantitative estimate of drug-likeness (QED) is 0.592. The first kappa shape index (κ1) is 19.7. The summed E-state index contributed by atoms with van der Waals surface area (Å²) >= 11 is 0. The molecule has 0 amide bonds. The highest BCUT2D eigenvalue weighted by molar-refractivity contribution is 5.89. The molecule has 0 aliphatic rings. The van der Waals surface area contributed by atoms with Crippen LogP contribution in [0.25, 0.3) is 0 Å². The minimum Gasteiger partial charge on any atom is -0.459 e. The van der Waals surface area contributed by atoms with Gasteiger partial charge in [0.15, 0.2) is 0 Å². The van der Waals surface area contributed by atoms with Crippen LogP contribution in [0.1, 0.15) is 60.2 Å². The fourth-order valence-corrected chi connectivity index (χ4v) is 2.65. The van der Waals surface area contributed by atoms with E-state index in [1.807, 2.05) is 50.2 Å². The molecule has 0 N–H and O–H groups in total. The van der Waals surface area contributed by atoms with Crippen molar-refractivity contribution in [1.82, 2.24) is 0 Å². The van der Waals surface area contributed by atoms with Crippen molar-refractivity contribution in [3.63, 3.8) is 0 Å². The molecule has 2 aromatic carbocycles. The van der Waals surface area contributed by atoms with Crippen LogP contribution in [0.15, 0.2) is 60.7 Å². The molecule has 4 nitrogen and oxygen atoms in total. The van der Waals surface area contributed by atoms with E-state index in [4.69, 9.17) is 9.47 Å². The zero-order chi connectivity index (χ0) is 18.8. The van der Waals surface area contributed by atoms with Gasteiger partial charge in [0.05, 0.1) is 11.1 Å². The van der Waals surface area contributed by atoms with E-state index in [9.17, 15) is 9.59 Å². The number of rotatable bonds is 9. The van der Waals surface area contributed by atoms with Crippen molar-refractivity contribution < 1.29 is 19.1 Å². The van der Waals surface area contributed by atoms with Crippen molar-refractivity contribution in [1.29, 1.82) is 0 Å². The molecule has 138 valence electrons. The molecule has 2 rings (SSSR count). The monoisotopic (exact) mass is 354 g/mol. The zero-order valence-corrected chi connectivity index (χ0v) is 15.4. The van der Waals surface area contributed by atoms with Gasteiger partial charge in [0.25, 0.3) is 0 Å². The third kappa shape index (κ3) is 6.03. The van der Waals surface area contributed by atoms with E-state index < -0.39 is 0 Å². The standard InChI is InChI=1S/C22H26O4/c1-3-19(25-21(23)17-11-7-5-8-12-17)15-16-20(4-2)26-22(24)18-13-9-6-10-14-18/h5-14,19-20H,3-4,15-16H2,1-2H3. The van der Waals surface area contributed by atoms with Gasteiger partial charge in [0, 0.05) is 0 Å². The molecule has 0 fully saturated rings. The van der Waals surface area contributed by atoms with E-state index in [1.165, 1.54) is 0 Å². The van der Waals surface area contributed by atoms with E-state index in [0.717, 1.165) is 12.8 Å². The Bertz CT molecular complexity index is 620. The molecule has 0 aliphatic heterocycles. The fourth-order valence-electron chi connectivity index (χ4n) is 2.65. The third-order valence-corrected chi connectivity index (χ3v) is 4.29. The van der Waals surface area contributed by atoms with E-state index >= 15 is 0 Å². The summed E-state index contributed by atoms with van der Waals surface area (Å²) in [6.07, 6.45) is 2.40. The molecule has 0 spiro atoms. The van der Waals surface area contributed by atoms with Gasteiger partial charge in [-0.3, -0.25) is 0 Å². The Morgan fingerprint density at radius 3 is 1.35 bits per heavy atom. The van der Waals surface area contributed by atoms with E-state index in [2.05, 4.69) is 0 Å². The third-order valence-electron chi connectivity index (χ3n) is 4.29. The maximum Gasteiger partial charge on any atom is 0.338 e. The summed E-state index contributed by atoms with van der Waals surface area (Å²) in [7, 11) is 0. The molecule has 2 atom stereocenters. The van der Waals surface area contributed by atoms with Gasteiger partial charge in [-0.15, -0.1) is 0 Å². The first-order valence-electron chi connectivity index (χ1n) is 9.16. The lowest BCUT2D eigenvalue weighted by atomic mass is 10.1. The van der Waals surface area contributed by atoms with E-state index in [-0.39, 0.29) is 24.1 Å². The normalized spacial score (nSPS) is 12.8. The fraction of sp³-hybridized carbons (Fsp3) is 0.364. The molecular formula is C22H26O4. The van der Waals surface area contributed by atoms with Crippen LogP contribution in [-0.2, 0) is 9.47 Å². The van der Waals surface area contributed by atoms with E-state index in [0.29, 0.717) is 24.0 Å². The highest BCUT2D eigenvalue weighted by atomic mass is 16.5. The van der Waals surface area contributed by atoms with E-state index in [1.54, 1.807) is 24.3 Å². The van der Waals surface area contributed by atoms with Crippen molar-refractivity contribution in [2.45, 2.75) is 51.7 Å². The van der Waals surface area contributed by atoms with Gasteiger partial charge < -0.3 is 9.47 Å². The summed E-state index contributed by atoms with van der Waals surface area (Å²) in [6, 6.07) is 17.9. The number of carbonyl (C=O) groups excluding carboxylic acids is 2. The minimum absolute atomic E-state index is 0.188. The Balaban J connectivity index is 1.85. The van der Waals surface area contributed by atoms with Gasteiger partial charge in [0.2, 0.25) is 0 Å². The molecule has 0 aliphatic carbocycles. The average molecular weight is 354 g/mol. The van der Waals surface area contributed by atoms with Crippen LogP contribution < -0.4 is 0 Å². The predicted octanol–water partition coefficient (Wildman–Crippen LogP) is 5.04. The second kappa shape index (κ2) is 10.4. The van der Waals surface area contributed by atoms with Crippen molar-refractivity contribution in [2.24, 2.45) is 0 Å². The smallest absolute Gasteiger partial charge is 0.338 e. The molecule has 2 unspecified atom stereocenters. The highest BCUT2D eigenvalue weighted by Gasteiger charge is 2.19. The maximum absolute atomic E-state index is 12.2. The Labute approximate surface area is 155 Å². The summed E-state index contributed by atoms with van der Waals surface area (Å²) in [5.74, 6) is -0.626. The number of benzene rings is 2. The average Bonchev–Trinajstić information content (AvgIpc) is 2.70. The lowest BCUT2D eigenvalue weighted by Gasteiger charge is -2.20. The molecule has 0 bridgehead atoms. The van der Waals surface area contributed by atoms with Crippen LogP contribution >= 0.6 is 0 Å². The Hall–Kier alpha value is -2.62. The number of hydrogen-bond acceptors (Lipinski definition) is 4. The highest BCUT2D eigenvalue weighted by Crippen LogP contribution is 2.16. The Morgan fingerprint density at radius 2 is 1.04 bits per heavy atom. The lowest BCUT2D eigenvalue weighted by molar-refractivity contribution is 0.0116. The van der Waals surface area contributed by atoms with Crippen LogP contribution in [-0.4, -0.2) is 24.1 Å². The molecule has 0 radical (unpaired) electrons. The second-order valence-electron chi connectivity index (χ2n) is 6.18. The van der Waals surface area contributed by atoms with Crippen LogP contribution in [0.4, 0.5) is 0 Å². The Morgan fingerprint density at radius 1 is 0.692 bits per heavy atom. The summed E-state index contributed by atoms with van der Waals surface area (Å²) < 4.78 is 11.2. The Kier molecular flexibility index (Phi) is 7.87. The number of ether oxygens (including phenoxy) is 2. The number of carbonyl (C=O) groups is 2. The van der Waals surface area contributed by atoms with Crippen LogP contribution in [0, 0.1) is 0 Å². The van der Waals surface area contributed by atoms with Crippen LogP contribution in [0.5, 0.6) is 0 Å². The first-order chi connectivity index (χ1) is 12.6. The zero-order valence-electron chi connectivity index (χ0n) is 15.4. The lowest BCUT2D eigenvalue weighted by Crippen LogP contribution is -2.22. The summed E-state index contributed by atoms with van der Waals surface area (Å²) in [6.45, 7) is 3.97. The minimum atomic E-state index is -0.313. The maximum atomic E-state index is 12.2. The van der Waals surface area contributed by atoms with Crippen molar-refractivity contribution in [3.05, 3.63) is 71.8 Å². The van der Waals surface area contributed by atoms with Gasteiger partial charge in [-0.25, -0.2) is 9.59 Å². The van der Waals surface area contributed by atoms with Crippen molar-refractivity contribution in [2.75, 3.05) is 0 Å². The molecule has 26 heavy (non-hydrogen) atoms. The number of esters is 2. The molecular weight excluding hydrogens is 328 g/mol. The summed E-state index contributed by atoms with van der Waals surface area (Å²) in [5.41, 5.74) is 1.10. The van der Waals surface area contributed by atoms with Gasteiger partial charge in [-0.2, -0.15) is 0 Å². The molecule has 4 heteroatoms. The van der Waals surface area contributed by atoms with Gasteiger partial charge >= 0.3 is 11.9 Å². The van der Waals surface area contributed by atoms with Gasteiger partial charge in [-0.05, 0) is 49.9 Å². The van der Waals surface area contributed by atoms with Gasteiger partial charge in [0.1, 0.15) is 12.2 Å².